The van der Waals surface area contributed by atoms with Gasteiger partial charge in [-0.25, -0.2) is 0 Å². The molecule has 1 amide bonds. The van der Waals surface area contributed by atoms with Crippen molar-refractivity contribution in [3.8, 4) is 0 Å². The van der Waals surface area contributed by atoms with E-state index in [0.29, 0.717) is 17.1 Å². The third-order valence-electron chi connectivity index (χ3n) is 3.01. The smallest absolute Gasteiger partial charge is 0.256 e. The number of thiophene rings is 1. The standard InChI is InChI=1S/C15H14Br2ClNOS/c1-9(2)19(8-10-4-3-5-11(18)6-10)15(20)12-7-13(16)21-14(12)17/h3-7,9H,8H2,1-2H3. The van der Waals surface area contributed by atoms with E-state index in [4.69, 9.17) is 11.6 Å². The molecule has 6 heteroatoms. The Morgan fingerprint density at radius 2 is 2.05 bits per heavy atom. The van der Waals surface area contributed by atoms with Crippen molar-refractivity contribution in [1.82, 2.24) is 4.90 Å². The Kier molecular flexibility index (Phi) is 5.88. The van der Waals surface area contributed by atoms with Gasteiger partial charge in [0.25, 0.3) is 5.91 Å². The second-order valence-corrected chi connectivity index (χ2v) is 9.08. The van der Waals surface area contributed by atoms with Gasteiger partial charge in [-0.05, 0) is 69.5 Å². The van der Waals surface area contributed by atoms with Gasteiger partial charge in [-0.15, -0.1) is 11.3 Å². The van der Waals surface area contributed by atoms with Crippen LogP contribution in [0.3, 0.4) is 0 Å². The third-order valence-corrected chi connectivity index (χ3v) is 5.59. The zero-order valence-corrected chi connectivity index (χ0v) is 16.3. The fourth-order valence-corrected chi connectivity index (χ4v) is 4.95. The predicted molar refractivity (Wildman–Crippen MR) is 96.2 cm³/mol. The summed E-state index contributed by atoms with van der Waals surface area (Å²) in [6.07, 6.45) is 0. The summed E-state index contributed by atoms with van der Waals surface area (Å²) in [5.41, 5.74) is 1.71. The summed E-state index contributed by atoms with van der Waals surface area (Å²) in [6.45, 7) is 4.56. The van der Waals surface area contributed by atoms with Crippen molar-refractivity contribution in [2.75, 3.05) is 0 Å². The molecule has 0 fully saturated rings. The highest BCUT2D eigenvalue weighted by Gasteiger charge is 2.22. The molecule has 1 aromatic heterocycles. The molecule has 0 N–H and O–H groups in total. The molecule has 112 valence electrons. The largest absolute Gasteiger partial charge is 0.332 e. The van der Waals surface area contributed by atoms with Crippen molar-refractivity contribution in [1.29, 1.82) is 0 Å². The van der Waals surface area contributed by atoms with E-state index in [1.807, 2.05) is 49.1 Å². The van der Waals surface area contributed by atoms with E-state index >= 15 is 0 Å². The fraction of sp³-hybridized carbons (Fsp3) is 0.267. The van der Waals surface area contributed by atoms with Gasteiger partial charge in [-0.1, -0.05) is 23.7 Å². The number of halogens is 3. The molecule has 0 saturated carbocycles. The monoisotopic (exact) mass is 449 g/mol. The SMILES string of the molecule is CC(C)N(Cc1cccc(Cl)c1)C(=O)c1cc(Br)sc1Br. The molecule has 2 aromatic rings. The molecule has 2 rings (SSSR count). The minimum Gasteiger partial charge on any atom is -0.332 e. The summed E-state index contributed by atoms with van der Waals surface area (Å²) in [7, 11) is 0. The molecule has 0 atom stereocenters. The average Bonchev–Trinajstić information content (AvgIpc) is 2.74. The molecule has 2 nitrogen and oxygen atoms in total. The highest BCUT2D eigenvalue weighted by atomic mass is 79.9. The zero-order valence-electron chi connectivity index (χ0n) is 11.6. The fourth-order valence-electron chi connectivity index (χ4n) is 1.96. The van der Waals surface area contributed by atoms with Crippen LogP contribution >= 0.6 is 54.8 Å². The molecule has 1 aromatic carbocycles. The Hall–Kier alpha value is -0.360. The number of carbonyl (C=O) groups excluding carboxylic acids is 1. The second-order valence-electron chi connectivity index (χ2n) is 4.89. The van der Waals surface area contributed by atoms with E-state index in [9.17, 15) is 4.79 Å². The second kappa shape index (κ2) is 7.27. The van der Waals surface area contributed by atoms with Gasteiger partial charge in [0.1, 0.15) is 0 Å². The Balaban J connectivity index is 2.27. The minimum atomic E-state index is 0.0128. The average molecular weight is 452 g/mol. The Bertz CT molecular complexity index is 657. The Labute approximate surface area is 150 Å². The van der Waals surface area contributed by atoms with Crippen LogP contribution in [0, 0.1) is 0 Å². The van der Waals surface area contributed by atoms with Crippen molar-refractivity contribution >= 4 is 60.7 Å². The number of hydrogen-bond acceptors (Lipinski definition) is 2. The highest BCUT2D eigenvalue weighted by Crippen LogP contribution is 2.33. The van der Waals surface area contributed by atoms with Gasteiger partial charge < -0.3 is 4.90 Å². The first kappa shape index (κ1) is 17.0. The summed E-state index contributed by atoms with van der Waals surface area (Å²) < 4.78 is 1.78. The normalized spacial score (nSPS) is 11.0. The lowest BCUT2D eigenvalue weighted by Gasteiger charge is -2.27. The van der Waals surface area contributed by atoms with Gasteiger partial charge >= 0.3 is 0 Å². The van der Waals surface area contributed by atoms with Gasteiger partial charge in [-0.3, -0.25) is 4.79 Å². The molecule has 0 aliphatic rings. The van der Waals surface area contributed by atoms with Crippen LogP contribution in [0.25, 0.3) is 0 Å². The molecule has 0 aliphatic carbocycles. The number of carbonyl (C=O) groups is 1. The van der Waals surface area contributed by atoms with Gasteiger partial charge in [0.15, 0.2) is 0 Å². The predicted octanol–water partition coefficient (Wildman–Crippen LogP) is 5.98. The van der Waals surface area contributed by atoms with Crippen LogP contribution in [0.15, 0.2) is 37.9 Å². The van der Waals surface area contributed by atoms with Crippen LogP contribution in [-0.4, -0.2) is 16.8 Å². The maximum Gasteiger partial charge on any atom is 0.256 e. The van der Waals surface area contributed by atoms with Gasteiger partial charge in [0, 0.05) is 17.6 Å². The number of nitrogens with zero attached hydrogens (tertiary/aromatic N) is 1. The van der Waals surface area contributed by atoms with E-state index in [1.165, 1.54) is 11.3 Å². The number of rotatable bonds is 4. The first-order chi connectivity index (χ1) is 9.88. The summed E-state index contributed by atoms with van der Waals surface area (Å²) in [5.74, 6) is 0.0128. The molecule has 0 aliphatic heterocycles. The highest BCUT2D eigenvalue weighted by molar-refractivity contribution is 9.12. The first-order valence-corrected chi connectivity index (χ1v) is 9.16. The molecule has 0 bridgehead atoms. The molecule has 0 radical (unpaired) electrons. The minimum absolute atomic E-state index is 0.0128. The van der Waals surface area contributed by atoms with Crippen LogP contribution in [0.4, 0.5) is 0 Å². The summed E-state index contributed by atoms with van der Waals surface area (Å²) in [4.78, 5) is 14.6. The first-order valence-electron chi connectivity index (χ1n) is 6.38. The number of benzene rings is 1. The van der Waals surface area contributed by atoms with Gasteiger partial charge in [-0.2, -0.15) is 0 Å². The molecule has 0 saturated heterocycles. The topological polar surface area (TPSA) is 20.3 Å². The van der Waals surface area contributed by atoms with Crippen LogP contribution in [0.5, 0.6) is 0 Å². The van der Waals surface area contributed by atoms with Crippen LogP contribution < -0.4 is 0 Å². The maximum atomic E-state index is 12.8. The lowest BCUT2D eigenvalue weighted by molar-refractivity contribution is 0.0690. The molecule has 0 unspecified atom stereocenters. The van der Waals surface area contributed by atoms with Crippen LogP contribution in [0.1, 0.15) is 29.8 Å². The van der Waals surface area contributed by atoms with Crippen molar-refractivity contribution in [2.24, 2.45) is 0 Å². The van der Waals surface area contributed by atoms with Crippen molar-refractivity contribution in [3.63, 3.8) is 0 Å². The molecule has 0 spiro atoms. The molecule has 1 heterocycles. The van der Waals surface area contributed by atoms with E-state index in [1.54, 1.807) is 0 Å². The van der Waals surface area contributed by atoms with E-state index in [-0.39, 0.29) is 11.9 Å². The maximum absolute atomic E-state index is 12.8. The number of hydrogen-bond donors (Lipinski definition) is 0. The van der Waals surface area contributed by atoms with Crippen LogP contribution in [0.2, 0.25) is 5.02 Å². The third kappa shape index (κ3) is 4.31. The summed E-state index contributed by atoms with van der Waals surface area (Å²) in [5, 5.41) is 0.683. The molecular formula is C15H14Br2ClNOS. The van der Waals surface area contributed by atoms with Gasteiger partial charge in [0.2, 0.25) is 0 Å². The summed E-state index contributed by atoms with van der Waals surface area (Å²) in [6, 6.07) is 9.55. The van der Waals surface area contributed by atoms with Crippen LogP contribution in [-0.2, 0) is 6.54 Å². The number of amides is 1. The quantitative estimate of drug-likeness (QED) is 0.560. The van der Waals surface area contributed by atoms with E-state index < -0.39 is 0 Å². The lowest BCUT2D eigenvalue weighted by atomic mass is 10.1. The lowest BCUT2D eigenvalue weighted by Crippen LogP contribution is -2.36. The van der Waals surface area contributed by atoms with E-state index in [0.717, 1.165) is 13.1 Å². The Morgan fingerprint density at radius 1 is 1.33 bits per heavy atom. The molecular weight excluding hydrogens is 437 g/mol. The Morgan fingerprint density at radius 3 is 2.57 bits per heavy atom. The van der Waals surface area contributed by atoms with Crippen molar-refractivity contribution in [3.05, 3.63) is 54.1 Å². The molecule has 21 heavy (non-hydrogen) atoms. The van der Waals surface area contributed by atoms with E-state index in [2.05, 4.69) is 31.9 Å². The summed E-state index contributed by atoms with van der Waals surface area (Å²) >= 11 is 14.4. The zero-order chi connectivity index (χ0) is 15.6. The van der Waals surface area contributed by atoms with Crippen molar-refractivity contribution < 1.29 is 4.79 Å². The van der Waals surface area contributed by atoms with Gasteiger partial charge in [0.05, 0.1) is 13.1 Å². The van der Waals surface area contributed by atoms with Crippen molar-refractivity contribution in [2.45, 2.75) is 26.4 Å².